The van der Waals surface area contributed by atoms with Gasteiger partial charge in [-0.3, -0.25) is 4.68 Å². The van der Waals surface area contributed by atoms with Crippen LogP contribution in [0.3, 0.4) is 0 Å². The average Bonchev–Trinajstić information content (AvgIpc) is 2.96. The number of fused-ring (bicyclic) bond motifs is 1. The Bertz CT molecular complexity index is 643. The van der Waals surface area contributed by atoms with Gasteiger partial charge in [-0.05, 0) is 35.0 Å². The number of hydrogen-bond acceptors (Lipinski definition) is 3. The van der Waals surface area contributed by atoms with E-state index in [1.165, 1.54) is 0 Å². The van der Waals surface area contributed by atoms with E-state index in [1.807, 2.05) is 29.9 Å². The lowest BCUT2D eigenvalue weighted by atomic mass is 10.3. The second-order valence-electron chi connectivity index (χ2n) is 3.81. The van der Waals surface area contributed by atoms with Crippen LogP contribution in [0.1, 0.15) is 18.8 Å². The molecule has 5 nitrogen and oxygen atoms in total. The van der Waals surface area contributed by atoms with Crippen LogP contribution in [0.2, 0.25) is 0 Å². The maximum Gasteiger partial charge on any atom is 0.177 e. The maximum atomic E-state index is 4.46. The number of imidazole rings is 1. The molecule has 0 fully saturated rings. The molecule has 3 aromatic rings. The van der Waals surface area contributed by atoms with Gasteiger partial charge in [0.05, 0.1) is 5.52 Å². The van der Waals surface area contributed by atoms with Crippen molar-refractivity contribution in [2.75, 3.05) is 0 Å². The number of aromatic nitrogens is 5. The molecule has 3 rings (SSSR count). The largest absolute Gasteiger partial charge is 0.339 e. The summed E-state index contributed by atoms with van der Waals surface area (Å²) in [6.07, 6.45) is 5.42. The lowest BCUT2D eigenvalue weighted by molar-refractivity contribution is 0.542. The van der Waals surface area contributed by atoms with Crippen molar-refractivity contribution in [3.05, 3.63) is 41.0 Å². The quantitative estimate of drug-likeness (QED) is 0.789. The van der Waals surface area contributed by atoms with Gasteiger partial charge in [0.15, 0.2) is 5.65 Å². The molecule has 1 unspecified atom stereocenters. The third-order valence-electron chi connectivity index (χ3n) is 2.64. The minimum absolute atomic E-state index is 0.0676. The Morgan fingerprint density at radius 2 is 2.35 bits per heavy atom. The topological polar surface area (TPSA) is 59.4 Å². The lowest BCUT2D eigenvalue weighted by Crippen LogP contribution is -2.08. The highest BCUT2D eigenvalue weighted by atomic mass is 79.9. The molecule has 0 saturated carbocycles. The molecular formula is C11H10BrN5. The third kappa shape index (κ3) is 1.84. The molecular weight excluding hydrogens is 282 g/mol. The minimum Gasteiger partial charge on any atom is -0.339 e. The van der Waals surface area contributed by atoms with E-state index in [2.05, 4.69) is 36.0 Å². The summed E-state index contributed by atoms with van der Waals surface area (Å²) in [4.78, 5) is 12.0. The van der Waals surface area contributed by atoms with Gasteiger partial charge < -0.3 is 4.98 Å². The van der Waals surface area contributed by atoms with E-state index < -0.39 is 0 Å². The van der Waals surface area contributed by atoms with E-state index in [0.29, 0.717) is 0 Å². The first kappa shape index (κ1) is 10.5. The summed E-state index contributed by atoms with van der Waals surface area (Å²) in [6, 6.07) is 3.93. The third-order valence-corrected chi connectivity index (χ3v) is 3.07. The summed E-state index contributed by atoms with van der Waals surface area (Å²) in [5, 5.41) is 4.21. The Labute approximate surface area is 106 Å². The molecule has 0 aromatic carbocycles. The average molecular weight is 292 g/mol. The van der Waals surface area contributed by atoms with Crippen LogP contribution in [0, 0.1) is 0 Å². The summed E-state index contributed by atoms with van der Waals surface area (Å²) in [5.74, 6) is 0.856. The summed E-state index contributed by atoms with van der Waals surface area (Å²) in [7, 11) is 0. The van der Waals surface area contributed by atoms with Gasteiger partial charge in [-0.15, -0.1) is 0 Å². The van der Waals surface area contributed by atoms with Crippen LogP contribution in [-0.2, 0) is 0 Å². The first-order chi connectivity index (χ1) is 8.24. The zero-order valence-corrected chi connectivity index (χ0v) is 10.7. The summed E-state index contributed by atoms with van der Waals surface area (Å²) in [6.45, 7) is 2.04. The molecule has 17 heavy (non-hydrogen) atoms. The van der Waals surface area contributed by atoms with Gasteiger partial charge in [0.25, 0.3) is 0 Å². The van der Waals surface area contributed by atoms with Crippen molar-refractivity contribution in [2.45, 2.75) is 13.0 Å². The monoisotopic (exact) mass is 291 g/mol. The number of aromatic amines is 1. The van der Waals surface area contributed by atoms with Gasteiger partial charge >= 0.3 is 0 Å². The molecule has 3 heterocycles. The fourth-order valence-electron chi connectivity index (χ4n) is 1.73. The number of rotatable bonds is 2. The first-order valence-electron chi connectivity index (χ1n) is 5.24. The Hall–Kier alpha value is -1.69. The normalized spacial score (nSPS) is 13.1. The van der Waals surface area contributed by atoms with Crippen molar-refractivity contribution in [1.82, 2.24) is 24.7 Å². The van der Waals surface area contributed by atoms with Crippen molar-refractivity contribution in [3.8, 4) is 0 Å². The smallest absolute Gasteiger partial charge is 0.177 e. The van der Waals surface area contributed by atoms with E-state index >= 15 is 0 Å². The van der Waals surface area contributed by atoms with Crippen molar-refractivity contribution < 1.29 is 0 Å². The van der Waals surface area contributed by atoms with Gasteiger partial charge in [-0.25, -0.2) is 9.97 Å². The van der Waals surface area contributed by atoms with Gasteiger partial charge in [0.1, 0.15) is 11.9 Å². The molecule has 3 aromatic heterocycles. The van der Waals surface area contributed by atoms with Gasteiger partial charge in [-0.1, -0.05) is 0 Å². The molecule has 0 radical (unpaired) electrons. The van der Waals surface area contributed by atoms with Gasteiger partial charge in [-0.2, -0.15) is 5.10 Å². The summed E-state index contributed by atoms with van der Waals surface area (Å²) >= 11 is 3.39. The highest BCUT2D eigenvalue weighted by Gasteiger charge is 2.13. The van der Waals surface area contributed by atoms with Crippen molar-refractivity contribution in [1.29, 1.82) is 0 Å². The van der Waals surface area contributed by atoms with E-state index in [4.69, 9.17) is 0 Å². The number of H-pyrrole nitrogens is 1. The highest BCUT2D eigenvalue weighted by Crippen LogP contribution is 2.19. The molecule has 0 bridgehead atoms. The predicted molar refractivity (Wildman–Crippen MR) is 67.6 cm³/mol. The van der Waals surface area contributed by atoms with Crippen molar-refractivity contribution in [2.24, 2.45) is 0 Å². The van der Waals surface area contributed by atoms with Crippen molar-refractivity contribution >= 4 is 27.1 Å². The molecule has 0 spiro atoms. The molecule has 1 atom stereocenters. The predicted octanol–water partition coefficient (Wildman–Crippen LogP) is 2.53. The van der Waals surface area contributed by atoms with Crippen molar-refractivity contribution in [3.63, 3.8) is 0 Å². The van der Waals surface area contributed by atoms with Crippen LogP contribution in [0.25, 0.3) is 11.2 Å². The van der Waals surface area contributed by atoms with E-state index in [9.17, 15) is 0 Å². The Morgan fingerprint density at radius 1 is 1.47 bits per heavy atom. The van der Waals surface area contributed by atoms with E-state index in [-0.39, 0.29) is 6.04 Å². The fourth-order valence-corrected chi connectivity index (χ4v) is 2.06. The standard InChI is InChI=1S/C11H10BrN5/c1-7(17-4-2-3-14-17)10-15-9-5-8(12)6-13-11(9)16-10/h2-7H,1H3,(H,13,15,16). The van der Waals surface area contributed by atoms with Gasteiger partial charge in [0, 0.05) is 23.1 Å². The second-order valence-corrected chi connectivity index (χ2v) is 4.72. The lowest BCUT2D eigenvalue weighted by Gasteiger charge is -2.07. The minimum atomic E-state index is 0.0676. The molecule has 0 amide bonds. The Morgan fingerprint density at radius 3 is 3.12 bits per heavy atom. The molecule has 0 aliphatic rings. The summed E-state index contributed by atoms with van der Waals surface area (Å²) < 4.78 is 2.79. The maximum absolute atomic E-state index is 4.46. The Kier molecular flexibility index (Phi) is 2.44. The zero-order valence-electron chi connectivity index (χ0n) is 9.13. The first-order valence-corrected chi connectivity index (χ1v) is 6.03. The molecule has 6 heteroatoms. The molecule has 86 valence electrons. The fraction of sp³-hybridized carbons (Fsp3) is 0.182. The van der Waals surface area contributed by atoms with Crippen LogP contribution >= 0.6 is 15.9 Å². The van der Waals surface area contributed by atoms with Gasteiger partial charge in [0.2, 0.25) is 0 Å². The SMILES string of the molecule is CC(c1nc2ncc(Br)cc2[nH]1)n1cccn1. The van der Waals surface area contributed by atoms with E-state index in [0.717, 1.165) is 21.5 Å². The highest BCUT2D eigenvalue weighted by molar-refractivity contribution is 9.10. The second kappa shape index (κ2) is 3.96. The molecule has 0 aliphatic heterocycles. The van der Waals surface area contributed by atoms with Crippen LogP contribution < -0.4 is 0 Å². The number of nitrogens with zero attached hydrogens (tertiary/aromatic N) is 4. The zero-order chi connectivity index (χ0) is 11.8. The van der Waals surface area contributed by atoms with Crippen LogP contribution in [0.4, 0.5) is 0 Å². The molecule has 1 N–H and O–H groups in total. The number of pyridine rings is 1. The number of hydrogen-bond donors (Lipinski definition) is 1. The molecule has 0 aliphatic carbocycles. The molecule has 0 saturated heterocycles. The van der Waals surface area contributed by atoms with Crippen LogP contribution in [-0.4, -0.2) is 24.7 Å². The Balaban J connectivity index is 2.06. The summed E-state index contributed by atoms with van der Waals surface area (Å²) in [5.41, 5.74) is 1.65. The van der Waals surface area contributed by atoms with Crippen LogP contribution in [0.5, 0.6) is 0 Å². The van der Waals surface area contributed by atoms with Crippen LogP contribution in [0.15, 0.2) is 35.2 Å². The number of halogens is 1. The van der Waals surface area contributed by atoms with E-state index in [1.54, 1.807) is 12.4 Å². The number of nitrogens with one attached hydrogen (secondary N) is 1.